The Hall–Kier alpha value is -3.36. The van der Waals surface area contributed by atoms with Gasteiger partial charge in [0.05, 0.1) is 39.5 Å². The molecule has 1 aromatic heterocycles. The highest BCUT2D eigenvalue weighted by molar-refractivity contribution is 5.70. The summed E-state index contributed by atoms with van der Waals surface area (Å²) >= 11 is 0. The number of para-hydroxylation sites is 1. The predicted molar refractivity (Wildman–Crippen MR) is 123 cm³/mol. The molecule has 0 spiro atoms. The third-order valence-electron chi connectivity index (χ3n) is 5.40. The summed E-state index contributed by atoms with van der Waals surface area (Å²) < 4.78 is 18.0. The molecule has 8 nitrogen and oxygen atoms in total. The summed E-state index contributed by atoms with van der Waals surface area (Å²) in [7, 11) is 3.23. The summed E-state index contributed by atoms with van der Waals surface area (Å²) in [5.74, 6) is 2.73. The molecule has 2 aromatic carbocycles. The second-order valence-electron chi connectivity index (χ2n) is 7.44. The lowest BCUT2D eigenvalue weighted by molar-refractivity contribution is 0.0360. The molecule has 0 amide bonds. The summed E-state index contributed by atoms with van der Waals surface area (Å²) in [5.41, 5.74) is 1.60. The number of nitrogens with zero attached hydrogens (tertiary/aromatic N) is 4. The number of morpholine rings is 1. The Labute approximate surface area is 187 Å². The largest absolute Gasteiger partial charge is 0.507 e. The van der Waals surface area contributed by atoms with Gasteiger partial charge in [0.25, 0.3) is 0 Å². The molecule has 3 aromatic rings. The first kappa shape index (κ1) is 21.9. The Morgan fingerprint density at radius 2 is 1.78 bits per heavy atom. The topological polar surface area (TPSA) is 81.9 Å². The normalized spacial score (nSPS) is 14.7. The molecular weight excluding hydrogens is 408 g/mol. The Morgan fingerprint density at radius 3 is 2.53 bits per heavy atom. The summed E-state index contributed by atoms with van der Waals surface area (Å²) in [4.78, 5) is 7.05. The Morgan fingerprint density at radius 1 is 1.00 bits per heavy atom. The van der Waals surface area contributed by atoms with Gasteiger partial charge in [-0.05, 0) is 35.9 Å². The minimum Gasteiger partial charge on any atom is -0.507 e. The van der Waals surface area contributed by atoms with E-state index >= 15 is 0 Å². The molecule has 1 N–H and O–H groups in total. The number of methoxy groups -OCH3 is 2. The quantitative estimate of drug-likeness (QED) is 0.581. The third kappa shape index (κ3) is 5.09. The fourth-order valence-electron chi connectivity index (χ4n) is 3.64. The molecule has 168 valence electrons. The van der Waals surface area contributed by atoms with Gasteiger partial charge in [0.1, 0.15) is 5.75 Å². The lowest BCUT2D eigenvalue weighted by atomic mass is 10.2. The van der Waals surface area contributed by atoms with Crippen molar-refractivity contribution in [3.63, 3.8) is 0 Å². The third-order valence-corrected chi connectivity index (χ3v) is 5.40. The van der Waals surface area contributed by atoms with Gasteiger partial charge in [-0.25, -0.2) is 9.67 Å². The van der Waals surface area contributed by atoms with Crippen molar-refractivity contribution in [1.29, 1.82) is 0 Å². The van der Waals surface area contributed by atoms with Crippen LogP contribution in [0.5, 0.6) is 17.2 Å². The van der Waals surface area contributed by atoms with Crippen LogP contribution in [0.1, 0.15) is 11.4 Å². The highest BCUT2D eigenvalue weighted by Gasteiger charge is 2.16. The van der Waals surface area contributed by atoms with E-state index in [4.69, 9.17) is 24.3 Å². The van der Waals surface area contributed by atoms with E-state index in [1.54, 1.807) is 26.4 Å². The summed E-state index contributed by atoms with van der Waals surface area (Å²) in [5, 5.41) is 15.1. The number of rotatable bonds is 8. The Balaban J connectivity index is 1.59. The molecule has 0 saturated carbocycles. The van der Waals surface area contributed by atoms with Gasteiger partial charge in [-0.15, -0.1) is 0 Å². The van der Waals surface area contributed by atoms with Gasteiger partial charge in [0.2, 0.25) is 0 Å². The summed E-state index contributed by atoms with van der Waals surface area (Å²) in [6, 6.07) is 12.9. The second-order valence-corrected chi connectivity index (χ2v) is 7.44. The van der Waals surface area contributed by atoms with Gasteiger partial charge in [0.15, 0.2) is 23.1 Å². The molecule has 8 heteroatoms. The van der Waals surface area contributed by atoms with Crippen molar-refractivity contribution in [2.24, 2.45) is 0 Å². The number of ether oxygens (including phenoxy) is 3. The number of phenolic OH excluding ortho intramolecular Hbond substituents is 1. The number of phenols is 1. The van der Waals surface area contributed by atoms with E-state index in [0.717, 1.165) is 38.4 Å². The fourth-order valence-corrected chi connectivity index (χ4v) is 3.64. The molecule has 1 aliphatic rings. The fraction of sp³-hybridized carbons (Fsp3) is 0.333. The van der Waals surface area contributed by atoms with Crippen LogP contribution in [-0.2, 0) is 11.3 Å². The standard InChI is InChI=1S/C24H28N4O4/c1-30-21-9-7-18(17-22(21)31-2)8-10-23-25-24(19-5-3-4-6-20(19)29)28(26-23)12-11-27-13-15-32-16-14-27/h3-10,17,29H,11-16H2,1-2H3/b10-8+. The maximum atomic E-state index is 10.4. The van der Waals surface area contributed by atoms with Gasteiger partial charge in [0, 0.05) is 19.6 Å². The molecule has 32 heavy (non-hydrogen) atoms. The van der Waals surface area contributed by atoms with Gasteiger partial charge in [-0.1, -0.05) is 24.3 Å². The summed E-state index contributed by atoms with van der Waals surface area (Å²) in [6.45, 7) is 4.83. The van der Waals surface area contributed by atoms with Crippen molar-refractivity contribution in [3.05, 3.63) is 53.9 Å². The monoisotopic (exact) mass is 436 g/mol. The smallest absolute Gasteiger partial charge is 0.174 e. The SMILES string of the molecule is COc1ccc(/C=C/c2nc(-c3ccccc3O)n(CCN3CCOCC3)n2)cc1OC. The zero-order valence-electron chi connectivity index (χ0n) is 18.4. The molecule has 2 heterocycles. The molecule has 1 aliphatic heterocycles. The molecule has 0 aliphatic carbocycles. The number of benzene rings is 2. The zero-order chi connectivity index (χ0) is 22.3. The minimum atomic E-state index is 0.183. The zero-order valence-corrected chi connectivity index (χ0v) is 18.4. The minimum absolute atomic E-state index is 0.183. The van der Waals surface area contributed by atoms with Crippen LogP contribution in [-0.4, -0.2) is 71.8 Å². The maximum Gasteiger partial charge on any atom is 0.174 e. The Bertz CT molecular complexity index is 1070. The van der Waals surface area contributed by atoms with Crippen LogP contribution in [0.4, 0.5) is 0 Å². The van der Waals surface area contributed by atoms with Crippen molar-refractivity contribution in [2.75, 3.05) is 47.1 Å². The lowest BCUT2D eigenvalue weighted by Gasteiger charge is -2.26. The van der Waals surface area contributed by atoms with E-state index in [-0.39, 0.29) is 5.75 Å². The molecule has 0 bridgehead atoms. The second kappa shape index (κ2) is 10.3. The molecule has 0 unspecified atom stereocenters. The number of hydrogen-bond acceptors (Lipinski definition) is 7. The number of hydrogen-bond donors (Lipinski definition) is 1. The van der Waals surface area contributed by atoms with E-state index in [0.29, 0.717) is 35.3 Å². The highest BCUT2D eigenvalue weighted by Crippen LogP contribution is 2.29. The number of aromatic nitrogens is 3. The van der Waals surface area contributed by atoms with Crippen LogP contribution in [0.3, 0.4) is 0 Å². The van der Waals surface area contributed by atoms with Crippen LogP contribution in [0.15, 0.2) is 42.5 Å². The first-order valence-electron chi connectivity index (χ1n) is 10.6. The average molecular weight is 437 g/mol. The van der Waals surface area contributed by atoms with Crippen LogP contribution in [0, 0.1) is 0 Å². The summed E-state index contributed by atoms with van der Waals surface area (Å²) in [6.07, 6.45) is 3.79. The van der Waals surface area contributed by atoms with Crippen molar-refractivity contribution >= 4 is 12.2 Å². The molecule has 1 saturated heterocycles. The lowest BCUT2D eigenvalue weighted by Crippen LogP contribution is -2.38. The van der Waals surface area contributed by atoms with E-state index < -0.39 is 0 Å². The van der Waals surface area contributed by atoms with E-state index in [1.807, 2.05) is 47.2 Å². The average Bonchev–Trinajstić information content (AvgIpc) is 3.25. The van der Waals surface area contributed by atoms with E-state index in [1.165, 1.54) is 0 Å². The van der Waals surface area contributed by atoms with Gasteiger partial charge >= 0.3 is 0 Å². The van der Waals surface area contributed by atoms with Crippen molar-refractivity contribution in [2.45, 2.75) is 6.54 Å². The van der Waals surface area contributed by atoms with Crippen LogP contribution >= 0.6 is 0 Å². The Kier molecular flexibility index (Phi) is 7.03. The predicted octanol–water partition coefficient (Wildman–Crippen LogP) is 3.17. The van der Waals surface area contributed by atoms with Gasteiger partial charge in [-0.3, -0.25) is 4.90 Å². The van der Waals surface area contributed by atoms with Crippen molar-refractivity contribution < 1.29 is 19.3 Å². The van der Waals surface area contributed by atoms with Gasteiger partial charge < -0.3 is 19.3 Å². The first-order valence-corrected chi connectivity index (χ1v) is 10.6. The first-order chi connectivity index (χ1) is 15.7. The van der Waals surface area contributed by atoms with Crippen molar-refractivity contribution in [3.8, 4) is 28.6 Å². The molecule has 4 rings (SSSR count). The van der Waals surface area contributed by atoms with Crippen LogP contribution in [0.2, 0.25) is 0 Å². The van der Waals surface area contributed by atoms with Crippen LogP contribution < -0.4 is 9.47 Å². The van der Waals surface area contributed by atoms with Crippen molar-refractivity contribution in [1.82, 2.24) is 19.7 Å². The highest BCUT2D eigenvalue weighted by atomic mass is 16.5. The molecular formula is C24H28N4O4. The number of aromatic hydroxyl groups is 1. The van der Waals surface area contributed by atoms with E-state index in [9.17, 15) is 5.11 Å². The molecule has 1 fully saturated rings. The maximum absolute atomic E-state index is 10.4. The molecule has 0 radical (unpaired) electrons. The van der Waals surface area contributed by atoms with Gasteiger partial charge in [-0.2, -0.15) is 5.10 Å². The van der Waals surface area contributed by atoms with Crippen LogP contribution in [0.25, 0.3) is 23.5 Å². The van der Waals surface area contributed by atoms with E-state index in [2.05, 4.69) is 4.90 Å². The molecule has 0 atom stereocenters.